The molecule has 5 heteroatoms. The van der Waals surface area contributed by atoms with Crippen LogP contribution in [0.15, 0.2) is 54.6 Å². The fourth-order valence-electron chi connectivity index (χ4n) is 2.85. The van der Waals surface area contributed by atoms with Crippen LogP contribution >= 0.6 is 0 Å². The van der Waals surface area contributed by atoms with Crippen molar-refractivity contribution in [2.45, 2.75) is 25.0 Å². The average molecular weight is 329 g/mol. The molecule has 0 saturated carbocycles. The van der Waals surface area contributed by atoms with E-state index in [2.05, 4.69) is 0 Å². The number of amides is 1. The van der Waals surface area contributed by atoms with E-state index in [9.17, 15) is 14.3 Å². The Morgan fingerprint density at radius 1 is 1.08 bits per heavy atom. The van der Waals surface area contributed by atoms with Crippen molar-refractivity contribution >= 4 is 5.91 Å². The Hall–Kier alpha value is -2.40. The maximum Gasteiger partial charge on any atom is 0.256 e. The number of likely N-dealkylation sites (tertiary alicyclic amines) is 1. The Kier molecular flexibility index (Phi) is 5.11. The van der Waals surface area contributed by atoms with Crippen LogP contribution in [0.25, 0.3) is 0 Å². The van der Waals surface area contributed by atoms with Crippen LogP contribution in [0.4, 0.5) is 4.39 Å². The fourth-order valence-corrected chi connectivity index (χ4v) is 2.85. The number of piperidine rings is 1. The molecule has 0 radical (unpaired) electrons. The van der Waals surface area contributed by atoms with Crippen molar-refractivity contribution < 1.29 is 19.0 Å². The molecule has 1 N–H and O–H groups in total. The molecule has 24 heavy (non-hydrogen) atoms. The highest BCUT2D eigenvalue weighted by Crippen LogP contribution is 2.22. The van der Waals surface area contributed by atoms with Crippen LogP contribution in [0, 0.1) is 5.82 Å². The zero-order valence-electron chi connectivity index (χ0n) is 13.3. The first-order valence-corrected chi connectivity index (χ1v) is 8.07. The molecule has 0 bridgehead atoms. The molecule has 126 valence electrons. The van der Waals surface area contributed by atoms with E-state index in [1.165, 1.54) is 12.1 Å². The molecule has 0 spiro atoms. The summed E-state index contributed by atoms with van der Waals surface area (Å²) in [5, 5.41) is 10.2. The predicted molar refractivity (Wildman–Crippen MR) is 88.0 cm³/mol. The molecule has 0 aliphatic carbocycles. The summed E-state index contributed by atoms with van der Waals surface area (Å²) < 4.78 is 18.7. The average Bonchev–Trinajstić information content (AvgIpc) is 2.64. The van der Waals surface area contributed by atoms with Crippen LogP contribution < -0.4 is 4.74 Å². The Bertz CT molecular complexity index is 667. The van der Waals surface area contributed by atoms with Crippen LogP contribution in [0.3, 0.4) is 0 Å². The number of hydrogen-bond donors (Lipinski definition) is 1. The van der Waals surface area contributed by atoms with Gasteiger partial charge in [0.05, 0.1) is 0 Å². The summed E-state index contributed by atoms with van der Waals surface area (Å²) in [7, 11) is 0. The number of carbonyl (C=O) groups is 1. The molecular weight excluding hydrogens is 309 g/mol. The molecule has 2 aromatic carbocycles. The number of hydrogen-bond acceptors (Lipinski definition) is 3. The van der Waals surface area contributed by atoms with E-state index in [0.29, 0.717) is 37.2 Å². The van der Waals surface area contributed by atoms with Gasteiger partial charge in [0.15, 0.2) is 6.10 Å². The van der Waals surface area contributed by atoms with E-state index in [1.807, 2.05) is 6.07 Å². The van der Waals surface area contributed by atoms with Gasteiger partial charge in [0.1, 0.15) is 17.7 Å². The van der Waals surface area contributed by atoms with E-state index < -0.39 is 6.10 Å². The van der Waals surface area contributed by atoms with Crippen molar-refractivity contribution in [2.24, 2.45) is 0 Å². The molecule has 1 amide bonds. The molecule has 1 saturated heterocycles. The van der Waals surface area contributed by atoms with Crippen molar-refractivity contribution in [1.29, 1.82) is 0 Å². The van der Waals surface area contributed by atoms with Gasteiger partial charge in [0.2, 0.25) is 0 Å². The lowest BCUT2D eigenvalue weighted by Crippen LogP contribution is -2.43. The molecule has 2 aromatic rings. The standard InChI is InChI=1S/C19H20FNO3/c20-15-6-8-16(9-7-15)24-17-10-12-21(13-11-17)19(23)18(22)14-4-2-1-3-5-14/h1-9,17-18,22H,10-13H2/t18-/m0/s1. The maximum atomic E-state index is 12.9. The largest absolute Gasteiger partial charge is 0.490 e. The molecule has 4 nitrogen and oxygen atoms in total. The molecule has 1 aliphatic heterocycles. The van der Waals surface area contributed by atoms with E-state index in [0.717, 1.165) is 0 Å². The van der Waals surface area contributed by atoms with Gasteiger partial charge in [-0.25, -0.2) is 4.39 Å². The summed E-state index contributed by atoms with van der Waals surface area (Å²) in [4.78, 5) is 14.1. The maximum absolute atomic E-state index is 12.9. The molecule has 0 unspecified atom stereocenters. The van der Waals surface area contributed by atoms with E-state index in [-0.39, 0.29) is 17.8 Å². The lowest BCUT2D eigenvalue weighted by Gasteiger charge is -2.33. The van der Waals surface area contributed by atoms with Crippen molar-refractivity contribution in [2.75, 3.05) is 13.1 Å². The molecule has 3 rings (SSSR count). The quantitative estimate of drug-likeness (QED) is 0.938. The van der Waals surface area contributed by atoms with Crippen molar-refractivity contribution in [1.82, 2.24) is 4.90 Å². The lowest BCUT2D eigenvalue weighted by molar-refractivity contribution is -0.142. The summed E-state index contributed by atoms with van der Waals surface area (Å²) >= 11 is 0. The van der Waals surface area contributed by atoms with Gasteiger partial charge in [-0.2, -0.15) is 0 Å². The lowest BCUT2D eigenvalue weighted by atomic mass is 10.0. The zero-order valence-corrected chi connectivity index (χ0v) is 13.3. The first kappa shape index (κ1) is 16.5. The highest BCUT2D eigenvalue weighted by atomic mass is 19.1. The smallest absolute Gasteiger partial charge is 0.256 e. The second kappa shape index (κ2) is 7.45. The van der Waals surface area contributed by atoms with Crippen molar-refractivity contribution in [3.8, 4) is 5.75 Å². The van der Waals surface area contributed by atoms with Gasteiger partial charge in [-0.3, -0.25) is 4.79 Å². The number of halogens is 1. The molecule has 1 heterocycles. The second-order valence-corrected chi connectivity index (χ2v) is 5.91. The van der Waals surface area contributed by atoms with Crippen LogP contribution in [-0.4, -0.2) is 35.1 Å². The number of ether oxygens (including phenoxy) is 1. The number of aliphatic hydroxyl groups excluding tert-OH is 1. The van der Waals surface area contributed by atoms with Gasteiger partial charge in [-0.05, 0) is 29.8 Å². The third kappa shape index (κ3) is 3.92. The van der Waals surface area contributed by atoms with Crippen LogP contribution in [-0.2, 0) is 4.79 Å². The zero-order chi connectivity index (χ0) is 16.9. The Morgan fingerprint density at radius 3 is 2.33 bits per heavy atom. The van der Waals surface area contributed by atoms with Crippen LogP contribution in [0.1, 0.15) is 24.5 Å². The van der Waals surface area contributed by atoms with Gasteiger partial charge in [0, 0.05) is 25.9 Å². The minimum atomic E-state index is -1.12. The number of nitrogens with zero attached hydrogens (tertiary/aromatic N) is 1. The SMILES string of the molecule is O=C([C@@H](O)c1ccccc1)N1CCC(Oc2ccc(F)cc2)CC1. The third-order valence-electron chi connectivity index (χ3n) is 4.22. The molecule has 1 aliphatic rings. The summed E-state index contributed by atoms with van der Waals surface area (Å²) in [5.74, 6) is 0.0598. The number of rotatable bonds is 4. The molecular formula is C19H20FNO3. The Morgan fingerprint density at radius 2 is 1.71 bits per heavy atom. The Balaban J connectivity index is 1.53. The Labute approximate surface area is 140 Å². The fraction of sp³-hybridized carbons (Fsp3) is 0.316. The third-order valence-corrected chi connectivity index (χ3v) is 4.22. The van der Waals surface area contributed by atoms with Gasteiger partial charge in [-0.15, -0.1) is 0 Å². The normalized spacial score (nSPS) is 16.7. The van der Waals surface area contributed by atoms with E-state index >= 15 is 0 Å². The number of aliphatic hydroxyl groups is 1. The number of carbonyl (C=O) groups excluding carboxylic acids is 1. The van der Waals surface area contributed by atoms with E-state index in [4.69, 9.17) is 4.74 Å². The number of benzene rings is 2. The van der Waals surface area contributed by atoms with Crippen LogP contribution in [0.2, 0.25) is 0 Å². The summed E-state index contributed by atoms with van der Waals surface area (Å²) in [6.45, 7) is 1.07. The van der Waals surface area contributed by atoms with Gasteiger partial charge >= 0.3 is 0 Å². The van der Waals surface area contributed by atoms with Gasteiger partial charge < -0.3 is 14.7 Å². The summed E-state index contributed by atoms with van der Waals surface area (Å²) in [5.41, 5.74) is 0.604. The molecule has 1 atom stereocenters. The first-order valence-electron chi connectivity index (χ1n) is 8.07. The van der Waals surface area contributed by atoms with Gasteiger partial charge in [-0.1, -0.05) is 30.3 Å². The van der Waals surface area contributed by atoms with Crippen LogP contribution in [0.5, 0.6) is 5.75 Å². The molecule has 1 fully saturated rings. The van der Waals surface area contributed by atoms with E-state index in [1.54, 1.807) is 41.3 Å². The highest BCUT2D eigenvalue weighted by molar-refractivity contribution is 5.82. The minimum absolute atomic E-state index is 0.00613. The topological polar surface area (TPSA) is 49.8 Å². The van der Waals surface area contributed by atoms with Gasteiger partial charge in [0.25, 0.3) is 5.91 Å². The van der Waals surface area contributed by atoms with Crippen molar-refractivity contribution in [3.63, 3.8) is 0 Å². The second-order valence-electron chi connectivity index (χ2n) is 5.91. The monoisotopic (exact) mass is 329 g/mol. The summed E-state index contributed by atoms with van der Waals surface area (Å²) in [6, 6.07) is 14.9. The first-order chi connectivity index (χ1) is 11.6. The predicted octanol–water partition coefficient (Wildman–Crippen LogP) is 2.93. The highest BCUT2D eigenvalue weighted by Gasteiger charge is 2.28. The minimum Gasteiger partial charge on any atom is -0.490 e. The summed E-state index contributed by atoms with van der Waals surface area (Å²) in [6.07, 6.45) is 0.240. The molecule has 0 aromatic heterocycles. The van der Waals surface area contributed by atoms with Crippen molar-refractivity contribution in [3.05, 3.63) is 66.0 Å².